The van der Waals surface area contributed by atoms with Crippen LogP contribution in [-0.4, -0.2) is 63.2 Å². The lowest BCUT2D eigenvalue weighted by Gasteiger charge is -2.34. The number of benzene rings is 2. The van der Waals surface area contributed by atoms with E-state index in [4.69, 9.17) is 11.2 Å². The molecule has 1 fully saturated rings. The number of thiazole rings is 1. The summed E-state index contributed by atoms with van der Waals surface area (Å²) < 4.78 is 59.3. The van der Waals surface area contributed by atoms with Gasteiger partial charge in [0.2, 0.25) is 10.0 Å². The molecule has 1 aromatic heterocycles. The number of fused-ring (bicyclic) bond motifs is 1. The Bertz CT molecular complexity index is 1640. The number of nitrogens with zero attached hydrogens (tertiary/aromatic N) is 3. The van der Waals surface area contributed by atoms with Gasteiger partial charge in [-0.05, 0) is 56.3 Å². The van der Waals surface area contributed by atoms with E-state index in [-0.39, 0.29) is 47.2 Å². The van der Waals surface area contributed by atoms with Gasteiger partial charge in [0.15, 0.2) is 14.6 Å². The van der Waals surface area contributed by atoms with Crippen LogP contribution in [0, 0.1) is 12.3 Å². The SMILES string of the molecule is C#CCn1c(=NC(=O)c2ccc(S(=O)(=O)N3CC(C)OC(C)C3)cc2)sc2cc(S(C)(=O)=O)ccc21. The summed E-state index contributed by atoms with van der Waals surface area (Å²) in [5, 5.41) is 0. The lowest BCUT2D eigenvalue weighted by Crippen LogP contribution is -2.48. The number of amides is 1. The Morgan fingerprint density at radius 1 is 1.08 bits per heavy atom. The van der Waals surface area contributed by atoms with Crippen molar-refractivity contribution in [2.45, 2.75) is 42.4 Å². The van der Waals surface area contributed by atoms with Gasteiger partial charge >= 0.3 is 0 Å². The number of morpholine rings is 1. The minimum atomic E-state index is -3.74. The third kappa shape index (κ3) is 5.30. The van der Waals surface area contributed by atoms with Gasteiger partial charge in [-0.2, -0.15) is 9.30 Å². The van der Waals surface area contributed by atoms with Gasteiger partial charge in [-0.25, -0.2) is 16.8 Å². The second kappa shape index (κ2) is 9.91. The van der Waals surface area contributed by atoms with Crippen molar-refractivity contribution in [1.82, 2.24) is 8.87 Å². The molecule has 0 radical (unpaired) electrons. The first kappa shape index (κ1) is 26.2. The molecule has 1 aliphatic heterocycles. The molecule has 9 nitrogen and oxygen atoms in total. The molecule has 0 saturated carbocycles. The molecule has 4 rings (SSSR count). The third-order valence-electron chi connectivity index (χ3n) is 5.65. The number of hydrogen-bond donors (Lipinski definition) is 0. The Morgan fingerprint density at radius 3 is 2.28 bits per heavy atom. The number of sulfonamides is 1. The molecular formula is C24H25N3O6S3. The summed E-state index contributed by atoms with van der Waals surface area (Å²) >= 11 is 1.14. The molecule has 0 aliphatic carbocycles. The monoisotopic (exact) mass is 547 g/mol. The summed E-state index contributed by atoms with van der Waals surface area (Å²) in [6.07, 6.45) is 6.19. The molecule has 0 spiro atoms. The molecule has 1 aliphatic rings. The normalized spacial score (nSPS) is 19.9. The lowest BCUT2D eigenvalue weighted by atomic mass is 10.2. The summed E-state index contributed by atoms with van der Waals surface area (Å²) in [6, 6.07) is 10.3. The van der Waals surface area contributed by atoms with E-state index < -0.39 is 25.8 Å². The van der Waals surface area contributed by atoms with Crippen LogP contribution in [0.15, 0.2) is 57.2 Å². The summed E-state index contributed by atoms with van der Waals surface area (Å²) in [5.41, 5.74) is 0.867. The van der Waals surface area contributed by atoms with Crippen molar-refractivity contribution in [3.63, 3.8) is 0 Å². The highest BCUT2D eigenvalue weighted by Gasteiger charge is 2.32. The maximum atomic E-state index is 13.1. The van der Waals surface area contributed by atoms with E-state index in [1.165, 1.54) is 40.7 Å². The lowest BCUT2D eigenvalue weighted by molar-refractivity contribution is -0.0440. The Labute approximate surface area is 214 Å². The molecule has 2 aromatic carbocycles. The number of terminal acetylenes is 1. The molecule has 2 atom stereocenters. The van der Waals surface area contributed by atoms with Gasteiger partial charge < -0.3 is 9.30 Å². The summed E-state index contributed by atoms with van der Waals surface area (Å²) in [6.45, 7) is 4.29. The van der Waals surface area contributed by atoms with Crippen LogP contribution in [0.4, 0.5) is 0 Å². The van der Waals surface area contributed by atoms with Crippen molar-refractivity contribution in [3.05, 3.63) is 52.8 Å². The molecule has 3 aromatic rings. The molecule has 190 valence electrons. The molecular weight excluding hydrogens is 522 g/mol. The van der Waals surface area contributed by atoms with Crippen LogP contribution < -0.4 is 4.80 Å². The topological polar surface area (TPSA) is 115 Å². The van der Waals surface area contributed by atoms with Gasteiger partial charge in [0.1, 0.15) is 0 Å². The number of sulfone groups is 1. The van der Waals surface area contributed by atoms with Crippen LogP contribution in [0.2, 0.25) is 0 Å². The maximum absolute atomic E-state index is 13.1. The van der Waals surface area contributed by atoms with Crippen LogP contribution >= 0.6 is 11.3 Å². The Kier molecular flexibility index (Phi) is 7.23. The predicted octanol–water partition coefficient (Wildman–Crippen LogP) is 2.28. The van der Waals surface area contributed by atoms with E-state index in [0.29, 0.717) is 15.0 Å². The Hall–Kier alpha value is -2.82. The van der Waals surface area contributed by atoms with Gasteiger partial charge in [-0.1, -0.05) is 17.3 Å². The molecule has 1 saturated heterocycles. The van der Waals surface area contributed by atoms with Crippen LogP contribution in [-0.2, 0) is 31.1 Å². The smallest absolute Gasteiger partial charge is 0.279 e. The second-order valence-corrected chi connectivity index (χ2v) is 13.6. The number of aromatic nitrogens is 1. The second-order valence-electron chi connectivity index (χ2n) is 8.60. The van der Waals surface area contributed by atoms with Crippen molar-refractivity contribution in [1.29, 1.82) is 0 Å². The fourth-order valence-corrected chi connectivity index (χ4v) is 7.39. The average molecular weight is 548 g/mol. The summed E-state index contributed by atoms with van der Waals surface area (Å²) in [5.74, 6) is 1.95. The van der Waals surface area contributed by atoms with Crippen molar-refractivity contribution < 1.29 is 26.4 Å². The molecule has 1 amide bonds. The maximum Gasteiger partial charge on any atom is 0.279 e. The van der Waals surface area contributed by atoms with Crippen molar-refractivity contribution in [3.8, 4) is 12.3 Å². The molecule has 12 heteroatoms. The summed E-state index contributed by atoms with van der Waals surface area (Å²) in [4.78, 5) is 17.7. The molecule has 2 unspecified atom stereocenters. The van der Waals surface area contributed by atoms with Gasteiger partial charge in [0.25, 0.3) is 5.91 Å². The molecule has 0 bridgehead atoms. The van der Waals surface area contributed by atoms with Crippen LogP contribution in [0.5, 0.6) is 0 Å². The average Bonchev–Trinajstić information content (AvgIpc) is 3.14. The zero-order valence-corrected chi connectivity index (χ0v) is 22.4. The quantitative estimate of drug-likeness (QED) is 0.453. The minimum absolute atomic E-state index is 0.0814. The van der Waals surface area contributed by atoms with Gasteiger partial charge in [0.05, 0.1) is 38.8 Å². The van der Waals surface area contributed by atoms with E-state index in [1.54, 1.807) is 10.6 Å². The number of rotatable bonds is 5. The van der Waals surface area contributed by atoms with E-state index in [1.807, 2.05) is 13.8 Å². The fraction of sp³-hybridized carbons (Fsp3) is 0.333. The number of carbonyl (C=O) groups excluding carboxylic acids is 1. The van der Waals surface area contributed by atoms with Crippen LogP contribution in [0.3, 0.4) is 0 Å². The minimum Gasteiger partial charge on any atom is -0.373 e. The molecule has 0 N–H and O–H groups in total. The number of ether oxygens (including phenoxy) is 1. The zero-order chi connectivity index (χ0) is 26.3. The number of hydrogen-bond acceptors (Lipinski definition) is 7. The standard InChI is InChI=1S/C24H25N3O6S3/c1-5-12-27-21-11-10-20(35(4,29)30)13-22(21)34-24(27)25-23(28)18-6-8-19(9-7-18)36(31,32)26-14-16(2)33-17(3)15-26/h1,6-11,13,16-17H,12,14-15H2,2-4H3. The first-order valence-electron chi connectivity index (χ1n) is 11.0. The highest BCUT2D eigenvalue weighted by Crippen LogP contribution is 2.23. The van der Waals surface area contributed by atoms with Crippen LogP contribution in [0.25, 0.3) is 10.2 Å². The van der Waals surface area contributed by atoms with E-state index in [0.717, 1.165) is 17.6 Å². The Morgan fingerprint density at radius 2 is 1.69 bits per heavy atom. The zero-order valence-electron chi connectivity index (χ0n) is 19.9. The highest BCUT2D eigenvalue weighted by atomic mass is 32.2. The number of carbonyl (C=O) groups is 1. The highest BCUT2D eigenvalue weighted by molar-refractivity contribution is 7.90. The largest absolute Gasteiger partial charge is 0.373 e. The molecule has 2 heterocycles. The van der Waals surface area contributed by atoms with E-state index >= 15 is 0 Å². The first-order valence-corrected chi connectivity index (χ1v) is 15.2. The van der Waals surface area contributed by atoms with E-state index in [2.05, 4.69) is 10.9 Å². The Balaban J connectivity index is 1.67. The van der Waals surface area contributed by atoms with E-state index in [9.17, 15) is 21.6 Å². The molecule has 36 heavy (non-hydrogen) atoms. The predicted molar refractivity (Wildman–Crippen MR) is 137 cm³/mol. The van der Waals surface area contributed by atoms with Crippen molar-refractivity contribution in [2.24, 2.45) is 4.99 Å². The van der Waals surface area contributed by atoms with Crippen molar-refractivity contribution in [2.75, 3.05) is 19.3 Å². The summed E-state index contributed by atoms with van der Waals surface area (Å²) in [7, 11) is -7.15. The fourth-order valence-electron chi connectivity index (χ4n) is 4.01. The first-order chi connectivity index (χ1) is 16.9. The third-order valence-corrected chi connectivity index (χ3v) is 9.65. The van der Waals surface area contributed by atoms with Gasteiger partial charge in [0, 0.05) is 24.9 Å². The van der Waals surface area contributed by atoms with Gasteiger partial charge in [-0.15, -0.1) is 6.42 Å². The van der Waals surface area contributed by atoms with Crippen LogP contribution in [0.1, 0.15) is 24.2 Å². The van der Waals surface area contributed by atoms with Gasteiger partial charge in [-0.3, -0.25) is 4.79 Å². The van der Waals surface area contributed by atoms with Crippen molar-refractivity contribution >= 4 is 47.3 Å².